The van der Waals surface area contributed by atoms with Crippen molar-refractivity contribution in [3.8, 4) is 0 Å². The number of methoxy groups -OCH3 is 1. The second-order valence-corrected chi connectivity index (χ2v) is 13.1. The van der Waals surface area contributed by atoms with E-state index in [0.29, 0.717) is 17.8 Å². The normalized spacial score (nSPS) is 56.6. The van der Waals surface area contributed by atoms with E-state index in [-0.39, 0.29) is 34.2 Å². The molecular weight excluding hydrogens is 428 g/mol. The highest BCUT2D eigenvalue weighted by Gasteiger charge is 2.74. The highest BCUT2D eigenvalue weighted by atomic mass is 16.7. The second kappa shape index (κ2) is 7.06. The smallest absolute Gasteiger partial charge is 0.189 e. The second-order valence-electron chi connectivity index (χ2n) is 13.1. The lowest BCUT2D eigenvalue weighted by atomic mass is 9.46. The molecular formula is C29H42O5. The zero-order valence-electron chi connectivity index (χ0n) is 21.7. The molecule has 5 heteroatoms. The van der Waals surface area contributed by atoms with Crippen molar-refractivity contribution in [1.82, 2.24) is 0 Å². The molecule has 0 aromatic carbocycles. The number of hydrogen-bond donors (Lipinski definition) is 1. The molecule has 1 N–H and O–H groups in total. The van der Waals surface area contributed by atoms with Gasteiger partial charge < -0.3 is 19.3 Å². The van der Waals surface area contributed by atoms with E-state index in [1.165, 1.54) is 5.57 Å². The molecule has 6 aliphatic rings. The van der Waals surface area contributed by atoms with Crippen molar-refractivity contribution in [2.75, 3.05) is 7.11 Å². The van der Waals surface area contributed by atoms with Crippen LogP contribution in [0.3, 0.4) is 0 Å². The van der Waals surface area contributed by atoms with Crippen LogP contribution in [0.4, 0.5) is 0 Å². The molecule has 4 aliphatic carbocycles. The van der Waals surface area contributed by atoms with Gasteiger partial charge in [0, 0.05) is 19.4 Å². The van der Waals surface area contributed by atoms with Gasteiger partial charge in [0.15, 0.2) is 12.1 Å². The Morgan fingerprint density at radius 2 is 1.88 bits per heavy atom. The number of carbonyl (C=O) groups is 1. The molecule has 0 radical (unpaired) electrons. The molecule has 4 fully saturated rings. The first-order valence-corrected chi connectivity index (χ1v) is 13.5. The number of rotatable bonds is 3. The molecule has 0 bridgehead atoms. The highest BCUT2D eigenvalue weighted by Crippen LogP contribution is 2.68. The van der Waals surface area contributed by atoms with E-state index in [4.69, 9.17) is 14.2 Å². The van der Waals surface area contributed by atoms with Crippen molar-refractivity contribution >= 4 is 5.78 Å². The summed E-state index contributed by atoms with van der Waals surface area (Å²) in [7, 11) is 1.68. The number of allylic oxidation sites excluding steroid dienone is 4. The Hall–Kier alpha value is -1.01. The van der Waals surface area contributed by atoms with Crippen molar-refractivity contribution in [3.05, 3.63) is 23.8 Å². The van der Waals surface area contributed by atoms with Crippen molar-refractivity contribution in [2.24, 2.45) is 34.5 Å². The predicted octanol–water partition coefficient (Wildman–Crippen LogP) is 4.97. The van der Waals surface area contributed by atoms with Crippen LogP contribution in [0, 0.1) is 34.5 Å². The van der Waals surface area contributed by atoms with Gasteiger partial charge in [0.1, 0.15) is 11.2 Å². The van der Waals surface area contributed by atoms with E-state index in [0.717, 1.165) is 44.9 Å². The molecule has 0 spiro atoms. The minimum atomic E-state index is -0.800. The average Bonchev–Trinajstić information content (AvgIpc) is 3.27. The molecule has 2 saturated carbocycles. The Balaban J connectivity index is 1.29. The third-order valence-corrected chi connectivity index (χ3v) is 12.1. The van der Waals surface area contributed by atoms with E-state index < -0.39 is 17.5 Å². The summed E-state index contributed by atoms with van der Waals surface area (Å²) in [6.45, 7) is 10.9. The Morgan fingerprint density at radius 1 is 1.15 bits per heavy atom. The minimum absolute atomic E-state index is 0.0215. The number of ketones is 1. The first kappa shape index (κ1) is 23.4. The van der Waals surface area contributed by atoms with Crippen LogP contribution < -0.4 is 0 Å². The number of aliphatic hydroxyl groups is 1. The molecule has 6 rings (SSSR count). The Labute approximate surface area is 204 Å². The molecule has 5 nitrogen and oxygen atoms in total. The average molecular weight is 471 g/mol. The Morgan fingerprint density at radius 3 is 2.62 bits per heavy atom. The SMILES string of the molecule is CO[C@H]1O[C@@H]([C@@H](C)[C@@]2(O)CC[C@H]3[C@@H]4CC=C5CC=CC(=O)[C@]5(C)[C@H]4CC[C@@]32C)C[C@]2(C)O[C@@]12C. The number of fused-ring (bicyclic) bond motifs is 6. The fourth-order valence-corrected chi connectivity index (χ4v) is 9.55. The van der Waals surface area contributed by atoms with Gasteiger partial charge in [-0.3, -0.25) is 4.79 Å². The Bertz CT molecular complexity index is 972. The number of epoxide rings is 1. The quantitative estimate of drug-likeness (QED) is 0.466. The maximum Gasteiger partial charge on any atom is 0.189 e. The molecule has 0 amide bonds. The first-order chi connectivity index (χ1) is 15.9. The van der Waals surface area contributed by atoms with E-state index in [9.17, 15) is 9.90 Å². The van der Waals surface area contributed by atoms with Gasteiger partial charge in [-0.1, -0.05) is 31.6 Å². The molecule has 0 unspecified atom stereocenters. The largest absolute Gasteiger partial charge is 0.389 e. The summed E-state index contributed by atoms with van der Waals surface area (Å²) < 4.78 is 18.3. The summed E-state index contributed by atoms with van der Waals surface area (Å²) in [5.41, 5.74) is -0.665. The van der Waals surface area contributed by atoms with Crippen LogP contribution in [0.5, 0.6) is 0 Å². The lowest BCUT2D eigenvalue weighted by Crippen LogP contribution is -2.60. The summed E-state index contributed by atoms with van der Waals surface area (Å²) in [5.74, 6) is 1.52. The Kier molecular flexibility index (Phi) is 4.85. The molecule has 188 valence electrons. The van der Waals surface area contributed by atoms with Crippen molar-refractivity contribution in [1.29, 1.82) is 0 Å². The lowest BCUT2D eigenvalue weighted by molar-refractivity contribution is -0.240. The van der Waals surface area contributed by atoms with Gasteiger partial charge in [-0.25, -0.2) is 0 Å². The van der Waals surface area contributed by atoms with Crippen LogP contribution in [0.2, 0.25) is 0 Å². The van der Waals surface area contributed by atoms with Gasteiger partial charge in [-0.2, -0.15) is 0 Å². The van der Waals surface area contributed by atoms with Crippen LogP contribution in [0.15, 0.2) is 23.8 Å². The van der Waals surface area contributed by atoms with Crippen molar-refractivity contribution < 1.29 is 24.1 Å². The molecule has 11 atom stereocenters. The van der Waals surface area contributed by atoms with Crippen LogP contribution in [0.1, 0.15) is 79.6 Å². The third kappa shape index (κ3) is 2.63. The van der Waals surface area contributed by atoms with Gasteiger partial charge in [-0.05, 0) is 88.5 Å². The van der Waals surface area contributed by atoms with Gasteiger partial charge in [0.05, 0.1) is 17.1 Å². The van der Waals surface area contributed by atoms with E-state index in [2.05, 4.69) is 40.7 Å². The van der Waals surface area contributed by atoms with Crippen LogP contribution in [-0.4, -0.2) is 47.2 Å². The van der Waals surface area contributed by atoms with E-state index >= 15 is 0 Å². The zero-order valence-corrected chi connectivity index (χ0v) is 21.7. The molecule has 0 aromatic heterocycles. The van der Waals surface area contributed by atoms with Gasteiger partial charge in [0.2, 0.25) is 0 Å². The standard InChI is InChI=1S/C29H42O5/c1-17(22-16-26(3)28(5,34-26)24(32-6)33-22)29(31)15-13-20-19-11-10-18-8-7-9-23(30)27(18,4)21(19)12-14-25(20,29)2/h7,9-10,17,19-22,24,31H,8,11-16H2,1-6H3/t17-,19+,20+,21+,22-,24+,25+,26+,27+,28+,29+/m1/s1. The first-order valence-electron chi connectivity index (χ1n) is 13.5. The fraction of sp³-hybridized carbons (Fsp3) is 0.828. The van der Waals surface area contributed by atoms with Crippen LogP contribution >= 0.6 is 0 Å². The third-order valence-electron chi connectivity index (χ3n) is 12.1. The fourth-order valence-electron chi connectivity index (χ4n) is 9.55. The zero-order chi connectivity index (χ0) is 24.3. The number of ether oxygens (including phenoxy) is 3. The summed E-state index contributed by atoms with van der Waals surface area (Å²) in [4.78, 5) is 13.2. The molecule has 34 heavy (non-hydrogen) atoms. The molecule has 2 aliphatic heterocycles. The maximum absolute atomic E-state index is 13.2. The summed E-state index contributed by atoms with van der Waals surface area (Å²) >= 11 is 0. The van der Waals surface area contributed by atoms with Crippen LogP contribution in [-0.2, 0) is 19.0 Å². The van der Waals surface area contributed by atoms with Gasteiger partial charge >= 0.3 is 0 Å². The van der Waals surface area contributed by atoms with Crippen molar-refractivity contribution in [2.45, 2.75) is 109 Å². The summed E-state index contributed by atoms with van der Waals surface area (Å²) in [6, 6.07) is 0. The summed E-state index contributed by atoms with van der Waals surface area (Å²) in [5, 5.41) is 12.5. The van der Waals surface area contributed by atoms with Gasteiger partial charge in [0.25, 0.3) is 0 Å². The molecule has 2 heterocycles. The molecule has 2 saturated heterocycles. The lowest BCUT2D eigenvalue weighted by Gasteiger charge is -2.59. The predicted molar refractivity (Wildman–Crippen MR) is 129 cm³/mol. The summed E-state index contributed by atoms with van der Waals surface area (Å²) in [6.07, 6.45) is 12.2. The monoisotopic (exact) mass is 470 g/mol. The van der Waals surface area contributed by atoms with E-state index in [1.54, 1.807) is 7.11 Å². The molecule has 0 aromatic rings. The minimum Gasteiger partial charge on any atom is -0.389 e. The topological polar surface area (TPSA) is 68.3 Å². The number of carbonyl (C=O) groups excluding carboxylic acids is 1. The highest BCUT2D eigenvalue weighted by molar-refractivity contribution is 5.98. The van der Waals surface area contributed by atoms with Gasteiger partial charge in [-0.15, -0.1) is 0 Å². The number of hydrogen-bond acceptors (Lipinski definition) is 5. The van der Waals surface area contributed by atoms with E-state index in [1.807, 2.05) is 12.2 Å². The van der Waals surface area contributed by atoms with Crippen LogP contribution in [0.25, 0.3) is 0 Å². The maximum atomic E-state index is 13.2. The van der Waals surface area contributed by atoms with Crippen molar-refractivity contribution in [3.63, 3.8) is 0 Å².